The second kappa shape index (κ2) is 8.57. The van der Waals surface area contributed by atoms with Gasteiger partial charge in [0.15, 0.2) is 12.7 Å². The molecule has 0 fully saturated rings. The van der Waals surface area contributed by atoms with Crippen LogP contribution in [0.25, 0.3) is 10.8 Å². The Morgan fingerprint density at radius 1 is 0.964 bits per heavy atom. The maximum absolute atomic E-state index is 12.4. The maximum Gasteiger partial charge on any atom is 0.344 e. The van der Waals surface area contributed by atoms with Crippen LogP contribution in [0.5, 0.6) is 5.75 Å². The van der Waals surface area contributed by atoms with Crippen LogP contribution in [-0.4, -0.2) is 24.6 Å². The van der Waals surface area contributed by atoms with Gasteiger partial charge in [0, 0.05) is 11.1 Å². The lowest BCUT2D eigenvalue weighted by Gasteiger charge is -2.15. The highest BCUT2D eigenvalue weighted by Gasteiger charge is 2.19. The Hall–Kier alpha value is -3.34. The van der Waals surface area contributed by atoms with Crippen LogP contribution in [0.4, 0.5) is 5.69 Å². The molecule has 0 spiro atoms. The van der Waals surface area contributed by atoms with E-state index in [1.165, 1.54) is 6.92 Å². The van der Waals surface area contributed by atoms with Crippen LogP contribution in [0, 0.1) is 13.8 Å². The van der Waals surface area contributed by atoms with Crippen molar-refractivity contribution in [2.24, 2.45) is 0 Å². The van der Waals surface area contributed by atoms with Crippen LogP contribution in [0.2, 0.25) is 0 Å². The number of ether oxygens (including phenoxy) is 2. The lowest BCUT2D eigenvalue weighted by atomic mass is 10.1. The molecule has 3 rings (SSSR count). The molecule has 0 unspecified atom stereocenters. The Bertz CT molecular complexity index is 987. The van der Waals surface area contributed by atoms with E-state index in [0.29, 0.717) is 11.4 Å². The predicted octanol–water partition coefficient (Wildman–Crippen LogP) is 4.41. The second-order valence-electron chi connectivity index (χ2n) is 6.76. The van der Waals surface area contributed by atoms with Crippen LogP contribution in [-0.2, 0) is 14.3 Å². The number of aryl methyl sites for hydroxylation is 2. The Balaban J connectivity index is 1.56. The summed E-state index contributed by atoms with van der Waals surface area (Å²) in [6.45, 7) is 5.19. The number of fused-ring (bicyclic) bond motifs is 1. The minimum atomic E-state index is -0.936. The summed E-state index contributed by atoms with van der Waals surface area (Å²) in [6.07, 6.45) is -0.936. The molecule has 0 saturated heterocycles. The number of carbonyl (C=O) groups is 2. The van der Waals surface area contributed by atoms with E-state index >= 15 is 0 Å². The summed E-state index contributed by atoms with van der Waals surface area (Å²) < 4.78 is 10.7. The molecule has 1 atom stereocenters. The fourth-order valence-electron chi connectivity index (χ4n) is 3.01. The van der Waals surface area contributed by atoms with E-state index in [9.17, 15) is 9.59 Å². The molecule has 0 saturated carbocycles. The predicted molar refractivity (Wildman–Crippen MR) is 110 cm³/mol. The third-order valence-electron chi connectivity index (χ3n) is 4.28. The standard InChI is InChI=1S/C23H23NO4/c1-15-11-16(2)13-19(12-15)27-14-22(25)28-17(3)23(26)24-21-10-6-8-18-7-4-5-9-20(18)21/h4-13,17H,14H2,1-3H3,(H,24,26)/t17-/m0/s1. The summed E-state index contributed by atoms with van der Waals surface area (Å²) in [5.74, 6) is -0.391. The van der Waals surface area contributed by atoms with Crippen molar-refractivity contribution < 1.29 is 19.1 Å². The first-order chi connectivity index (χ1) is 13.4. The minimum Gasteiger partial charge on any atom is -0.482 e. The van der Waals surface area contributed by atoms with Crippen molar-refractivity contribution in [2.45, 2.75) is 26.9 Å². The fourth-order valence-corrected chi connectivity index (χ4v) is 3.01. The molecule has 0 bridgehead atoms. The molecule has 3 aromatic rings. The first-order valence-electron chi connectivity index (χ1n) is 9.11. The van der Waals surface area contributed by atoms with Crippen LogP contribution in [0.1, 0.15) is 18.1 Å². The summed E-state index contributed by atoms with van der Waals surface area (Å²) >= 11 is 0. The van der Waals surface area contributed by atoms with E-state index in [4.69, 9.17) is 9.47 Å². The van der Waals surface area contributed by atoms with Crippen molar-refractivity contribution in [3.63, 3.8) is 0 Å². The van der Waals surface area contributed by atoms with Gasteiger partial charge in [0.25, 0.3) is 5.91 Å². The van der Waals surface area contributed by atoms with Gasteiger partial charge in [-0.25, -0.2) is 4.79 Å². The molecule has 5 heteroatoms. The van der Waals surface area contributed by atoms with Gasteiger partial charge in [-0.1, -0.05) is 42.5 Å². The van der Waals surface area contributed by atoms with Crippen LogP contribution in [0.15, 0.2) is 60.7 Å². The summed E-state index contributed by atoms with van der Waals surface area (Å²) in [6, 6.07) is 19.1. The summed E-state index contributed by atoms with van der Waals surface area (Å²) in [4.78, 5) is 24.5. The van der Waals surface area contributed by atoms with Gasteiger partial charge in [0.1, 0.15) is 5.75 Å². The summed E-state index contributed by atoms with van der Waals surface area (Å²) in [5, 5.41) is 4.77. The number of hydrogen-bond acceptors (Lipinski definition) is 4. The lowest BCUT2D eigenvalue weighted by Crippen LogP contribution is -2.31. The number of carbonyl (C=O) groups excluding carboxylic acids is 2. The topological polar surface area (TPSA) is 64.6 Å². The summed E-state index contributed by atoms with van der Waals surface area (Å²) in [7, 11) is 0. The van der Waals surface area contributed by atoms with Crippen molar-refractivity contribution in [2.75, 3.05) is 11.9 Å². The molecule has 5 nitrogen and oxygen atoms in total. The van der Waals surface area contributed by atoms with Gasteiger partial charge in [-0.15, -0.1) is 0 Å². The van der Waals surface area contributed by atoms with Gasteiger partial charge in [-0.2, -0.15) is 0 Å². The van der Waals surface area contributed by atoms with Crippen molar-refractivity contribution in [1.29, 1.82) is 0 Å². The van der Waals surface area contributed by atoms with Gasteiger partial charge >= 0.3 is 5.97 Å². The van der Waals surface area contributed by atoms with E-state index in [0.717, 1.165) is 21.9 Å². The molecule has 1 N–H and O–H groups in total. The van der Waals surface area contributed by atoms with Gasteiger partial charge in [-0.05, 0) is 55.5 Å². The van der Waals surface area contributed by atoms with E-state index in [1.54, 1.807) is 0 Å². The molecule has 0 heterocycles. The normalized spacial score (nSPS) is 11.7. The van der Waals surface area contributed by atoms with E-state index < -0.39 is 18.0 Å². The van der Waals surface area contributed by atoms with Crippen molar-refractivity contribution >= 4 is 28.3 Å². The monoisotopic (exact) mass is 377 g/mol. The highest BCUT2D eigenvalue weighted by atomic mass is 16.6. The smallest absolute Gasteiger partial charge is 0.344 e. The minimum absolute atomic E-state index is 0.255. The van der Waals surface area contributed by atoms with Crippen LogP contribution >= 0.6 is 0 Å². The Kier molecular flexibility index (Phi) is 5.94. The van der Waals surface area contributed by atoms with Crippen LogP contribution < -0.4 is 10.1 Å². The number of hydrogen-bond donors (Lipinski definition) is 1. The highest BCUT2D eigenvalue weighted by Crippen LogP contribution is 2.23. The lowest BCUT2D eigenvalue weighted by molar-refractivity contribution is -0.155. The molecule has 0 aromatic heterocycles. The Morgan fingerprint density at radius 3 is 2.39 bits per heavy atom. The molecule has 28 heavy (non-hydrogen) atoms. The van der Waals surface area contributed by atoms with Crippen LogP contribution in [0.3, 0.4) is 0 Å². The number of esters is 1. The first kappa shape index (κ1) is 19.4. The highest BCUT2D eigenvalue weighted by molar-refractivity contribution is 6.03. The molecule has 0 aliphatic heterocycles. The molecule has 0 aliphatic rings. The average molecular weight is 377 g/mol. The number of rotatable bonds is 6. The van der Waals surface area contributed by atoms with Gasteiger partial charge in [0.2, 0.25) is 0 Å². The average Bonchev–Trinajstić information content (AvgIpc) is 2.66. The quantitative estimate of drug-likeness (QED) is 0.647. The number of anilines is 1. The molecule has 3 aromatic carbocycles. The number of amides is 1. The first-order valence-corrected chi connectivity index (χ1v) is 9.11. The van der Waals surface area contributed by atoms with Gasteiger partial charge in [0.05, 0.1) is 0 Å². The molecular formula is C23H23NO4. The largest absolute Gasteiger partial charge is 0.482 e. The Morgan fingerprint density at radius 2 is 1.64 bits per heavy atom. The molecule has 144 valence electrons. The number of nitrogens with one attached hydrogen (secondary N) is 1. The van der Waals surface area contributed by atoms with Gasteiger partial charge < -0.3 is 14.8 Å². The maximum atomic E-state index is 12.4. The summed E-state index contributed by atoms with van der Waals surface area (Å²) in [5.41, 5.74) is 2.77. The molecule has 0 radical (unpaired) electrons. The molecular weight excluding hydrogens is 354 g/mol. The molecule has 1 amide bonds. The zero-order valence-corrected chi connectivity index (χ0v) is 16.2. The van der Waals surface area contributed by atoms with Crippen molar-refractivity contribution in [1.82, 2.24) is 0 Å². The van der Waals surface area contributed by atoms with Crippen molar-refractivity contribution in [3.05, 3.63) is 71.8 Å². The number of benzene rings is 3. The van der Waals surface area contributed by atoms with E-state index in [1.807, 2.05) is 74.5 Å². The molecule has 0 aliphatic carbocycles. The second-order valence-corrected chi connectivity index (χ2v) is 6.76. The third kappa shape index (κ3) is 4.88. The third-order valence-corrected chi connectivity index (χ3v) is 4.28. The zero-order valence-electron chi connectivity index (χ0n) is 16.2. The van der Waals surface area contributed by atoms with E-state index in [-0.39, 0.29) is 6.61 Å². The van der Waals surface area contributed by atoms with Crippen molar-refractivity contribution in [3.8, 4) is 5.75 Å². The van der Waals surface area contributed by atoms with Gasteiger partial charge in [-0.3, -0.25) is 4.79 Å². The SMILES string of the molecule is Cc1cc(C)cc(OCC(=O)O[C@@H](C)C(=O)Nc2cccc3ccccc23)c1. The van der Waals surface area contributed by atoms with E-state index in [2.05, 4.69) is 5.32 Å². The fraction of sp³-hybridized carbons (Fsp3) is 0.217. The zero-order chi connectivity index (χ0) is 20.1. The Labute approximate surface area is 164 Å².